The van der Waals surface area contributed by atoms with Gasteiger partial charge in [-0.3, -0.25) is 4.79 Å². The number of nitrogens with zero attached hydrogens (tertiary/aromatic N) is 3. The monoisotopic (exact) mass is 499 g/mol. The summed E-state index contributed by atoms with van der Waals surface area (Å²) in [6.07, 6.45) is 2.86. The second-order valence-electron chi connectivity index (χ2n) is 8.96. The summed E-state index contributed by atoms with van der Waals surface area (Å²) in [5.41, 5.74) is 4.35. The lowest BCUT2D eigenvalue weighted by Crippen LogP contribution is -2.49. The average Bonchev–Trinajstić information content (AvgIpc) is 3.56. The van der Waals surface area contributed by atoms with Crippen LogP contribution in [0.5, 0.6) is 0 Å². The minimum Gasteiger partial charge on any atom is -0.464 e. The van der Waals surface area contributed by atoms with Crippen LogP contribution in [0, 0.1) is 6.92 Å². The van der Waals surface area contributed by atoms with Crippen LogP contribution in [0.3, 0.4) is 0 Å². The van der Waals surface area contributed by atoms with Gasteiger partial charge in [0.25, 0.3) is 5.91 Å². The van der Waals surface area contributed by atoms with Gasteiger partial charge in [-0.15, -0.1) is 5.06 Å². The van der Waals surface area contributed by atoms with Crippen LogP contribution in [0.4, 0.5) is 4.79 Å². The highest BCUT2D eigenvalue weighted by molar-refractivity contribution is 6.00. The summed E-state index contributed by atoms with van der Waals surface area (Å²) in [5, 5.41) is 1.54. The van der Waals surface area contributed by atoms with E-state index in [0.717, 1.165) is 22.3 Å². The van der Waals surface area contributed by atoms with Crippen molar-refractivity contribution < 1.29 is 23.6 Å². The van der Waals surface area contributed by atoms with E-state index in [1.54, 1.807) is 16.2 Å². The highest BCUT2D eigenvalue weighted by Crippen LogP contribution is 2.31. The number of amides is 1. The van der Waals surface area contributed by atoms with Crippen LogP contribution in [0.15, 0.2) is 89.7 Å². The zero-order chi connectivity index (χ0) is 25.6. The molecule has 8 heteroatoms. The smallest absolute Gasteiger partial charge is 0.464 e. The summed E-state index contributed by atoms with van der Waals surface area (Å²) in [6, 6.07) is 23.2. The van der Waals surface area contributed by atoms with Gasteiger partial charge in [0.15, 0.2) is 0 Å². The molecule has 3 heterocycles. The first-order valence-corrected chi connectivity index (χ1v) is 12.3. The quantitative estimate of drug-likeness (QED) is 0.328. The summed E-state index contributed by atoms with van der Waals surface area (Å²) in [6.45, 7) is 4.31. The molecule has 5 rings (SSSR count). The second kappa shape index (κ2) is 11.2. The minimum absolute atomic E-state index is 0.0817. The lowest BCUT2D eigenvalue weighted by atomic mass is 10.1. The molecule has 1 fully saturated rings. The number of hydrogen-bond donors (Lipinski definition) is 0. The van der Waals surface area contributed by atoms with E-state index in [1.807, 2.05) is 90.5 Å². The first kappa shape index (κ1) is 24.4. The van der Waals surface area contributed by atoms with Gasteiger partial charge < -0.3 is 23.5 Å². The van der Waals surface area contributed by atoms with Crippen molar-refractivity contribution in [3.8, 4) is 11.3 Å². The Morgan fingerprint density at radius 1 is 0.865 bits per heavy atom. The van der Waals surface area contributed by atoms with E-state index in [9.17, 15) is 9.59 Å². The van der Waals surface area contributed by atoms with Crippen LogP contribution in [-0.4, -0.2) is 52.8 Å². The lowest BCUT2D eigenvalue weighted by molar-refractivity contribution is -0.144. The number of aryl methyl sites for hydroxylation is 1. The van der Waals surface area contributed by atoms with Crippen molar-refractivity contribution >= 4 is 12.1 Å². The Morgan fingerprint density at radius 3 is 2.19 bits per heavy atom. The van der Waals surface area contributed by atoms with Gasteiger partial charge in [0.1, 0.15) is 18.1 Å². The van der Waals surface area contributed by atoms with Crippen molar-refractivity contribution in [2.75, 3.05) is 26.2 Å². The van der Waals surface area contributed by atoms with Crippen LogP contribution < -0.4 is 0 Å². The van der Waals surface area contributed by atoms with Gasteiger partial charge in [0.05, 0.1) is 24.9 Å². The first-order valence-electron chi connectivity index (χ1n) is 12.3. The van der Waals surface area contributed by atoms with Crippen molar-refractivity contribution in [3.63, 3.8) is 0 Å². The standard InChI is InChI=1S/C29H29N3O5/c1-22-19-31(20-23-9-4-2-5-10-23)27(26(22)25-13-8-18-35-25)28(33)30-14-16-32(17-15-30)37-29(34)36-21-24-11-6-3-7-12-24/h2-13,18-19H,14-17,20-21H2,1H3. The third kappa shape index (κ3) is 5.76. The van der Waals surface area contributed by atoms with E-state index >= 15 is 0 Å². The Morgan fingerprint density at radius 2 is 1.54 bits per heavy atom. The number of hydroxylamine groups is 2. The predicted molar refractivity (Wildman–Crippen MR) is 138 cm³/mol. The zero-order valence-electron chi connectivity index (χ0n) is 20.7. The van der Waals surface area contributed by atoms with Crippen LogP contribution in [0.25, 0.3) is 11.3 Å². The van der Waals surface area contributed by atoms with Gasteiger partial charge in [0.2, 0.25) is 0 Å². The molecule has 4 aromatic rings. The Labute approximate surface area is 215 Å². The van der Waals surface area contributed by atoms with Gasteiger partial charge in [-0.25, -0.2) is 4.79 Å². The average molecular weight is 500 g/mol. The fraction of sp³-hybridized carbons (Fsp3) is 0.241. The molecule has 1 aliphatic heterocycles. The Bertz CT molecular complexity index is 1320. The molecule has 1 aliphatic rings. The van der Waals surface area contributed by atoms with E-state index in [4.69, 9.17) is 14.0 Å². The molecule has 8 nitrogen and oxygen atoms in total. The fourth-order valence-corrected chi connectivity index (χ4v) is 4.54. The number of carbonyl (C=O) groups is 2. The molecule has 0 bridgehead atoms. The summed E-state index contributed by atoms with van der Waals surface area (Å²) < 4.78 is 12.9. The molecule has 0 aliphatic carbocycles. The van der Waals surface area contributed by atoms with Crippen LogP contribution in [-0.2, 0) is 22.7 Å². The van der Waals surface area contributed by atoms with E-state index in [0.29, 0.717) is 44.2 Å². The molecule has 0 radical (unpaired) electrons. The highest BCUT2D eigenvalue weighted by atomic mass is 16.8. The van der Waals surface area contributed by atoms with Crippen LogP contribution >= 0.6 is 0 Å². The van der Waals surface area contributed by atoms with Gasteiger partial charge in [-0.05, 0) is 35.7 Å². The number of aromatic nitrogens is 1. The molecule has 37 heavy (non-hydrogen) atoms. The third-order valence-corrected chi connectivity index (χ3v) is 6.36. The number of benzene rings is 2. The molecule has 0 atom stereocenters. The molecule has 2 aromatic heterocycles. The molecule has 2 aromatic carbocycles. The first-order chi connectivity index (χ1) is 18.1. The van der Waals surface area contributed by atoms with Gasteiger partial charge in [-0.2, -0.15) is 0 Å². The molecule has 190 valence electrons. The van der Waals surface area contributed by atoms with Gasteiger partial charge in [0, 0.05) is 25.8 Å². The van der Waals surface area contributed by atoms with Gasteiger partial charge in [-0.1, -0.05) is 60.7 Å². The van der Waals surface area contributed by atoms with Crippen molar-refractivity contribution in [1.29, 1.82) is 0 Å². The molecule has 1 saturated heterocycles. The van der Waals surface area contributed by atoms with E-state index in [-0.39, 0.29) is 12.5 Å². The van der Waals surface area contributed by atoms with Crippen molar-refractivity contribution in [3.05, 3.63) is 108 Å². The van der Waals surface area contributed by atoms with E-state index in [2.05, 4.69) is 0 Å². The predicted octanol–water partition coefficient (Wildman–Crippen LogP) is 5.13. The maximum Gasteiger partial charge on any atom is 0.528 e. The summed E-state index contributed by atoms with van der Waals surface area (Å²) >= 11 is 0. The molecule has 0 spiro atoms. The molecule has 0 unspecified atom stereocenters. The maximum absolute atomic E-state index is 13.8. The van der Waals surface area contributed by atoms with Crippen LogP contribution in [0.2, 0.25) is 0 Å². The third-order valence-electron chi connectivity index (χ3n) is 6.36. The number of furan rings is 1. The largest absolute Gasteiger partial charge is 0.528 e. The number of rotatable bonds is 7. The van der Waals surface area contributed by atoms with Gasteiger partial charge >= 0.3 is 6.16 Å². The molecular weight excluding hydrogens is 470 g/mol. The number of carbonyl (C=O) groups excluding carboxylic acids is 2. The van der Waals surface area contributed by atoms with E-state index < -0.39 is 6.16 Å². The number of piperazine rings is 1. The number of hydrogen-bond acceptors (Lipinski definition) is 6. The molecular formula is C29H29N3O5. The summed E-state index contributed by atoms with van der Waals surface area (Å²) in [7, 11) is 0. The highest BCUT2D eigenvalue weighted by Gasteiger charge is 2.30. The number of ether oxygens (including phenoxy) is 1. The van der Waals surface area contributed by atoms with Crippen LogP contribution in [0.1, 0.15) is 27.2 Å². The Balaban J connectivity index is 1.26. The Hall–Kier alpha value is -4.30. The SMILES string of the molecule is Cc1cn(Cc2ccccc2)c(C(=O)N2CCN(OC(=O)OCc3ccccc3)CC2)c1-c1ccco1. The van der Waals surface area contributed by atoms with Crippen molar-refractivity contribution in [2.45, 2.75) is 20.1 Å². The fourth-order valence-electron chi connectivity index (χ4n) is 4.54. The summed E-state index contributed by atoms with van der Waals surface area (Å²) in [4.78, 5) is 33.1. The Kier molecular flexibility index (Phi) is 7.37. The second-order valence-corrected chi connectivity index (χ2v) is 8.96. The zero-order valence-corrected chi connectivity index (χ0v) is 20.7. The summed E-state index contributed by atoms with van der Waals surface area (Å²) in [5.74, 6) is 0.581. The van der Waals surface area contributed by atoms with E-state index in [1.165, 1.54) is 0 Å². The molecule has 0 N–H and O–H groups in total. The molecule has 1 amide bonds. The minimum atomic E-state index is -0.754. The topological polar surface area (TPSA) is 77.2 Å². The maximum atomic E-state index is 13.8. The normalized spacial score (nSPS) is 13.9. The van der Waals surface area contributed by atoms with Crippen molar-refractivity contribution in [1.82, 2.24) is 14.5 Å². The molecule has 0 saturated carbocycles. The lowest BCUT2D eigenvalue weighted by Gasteiger charge is -2.33. The van der Waals surface area contributed by atoms with Crippen molar-refractivity contribution in [2.24, 2.45) is 0 Å².